The van der Waals surface area contributed by atoms with Crippen molar-refractivity contribution < 1.29 is 14.3 Å². The average molecular weight is 403 g/mol. The number of hydrogen-bond donors (Lipinski definition) is 1. The first-order valence-corrected chi connectivity index (χ1v) is 9.68. The van der Waals surface area contributed by atoms with Gasteiger partial charge in [-0.25, -0.2) is 0 Å². The van der Waals surface area contributed by atoms with E-state index in [0.717, 1.165) is 11.1 Å². The van der Waals surface area contributed by atoms with E-state index in [1.54, 1.807) is 36.1 Å². The Bertz CT molecular complexity index is 806. The molecule has 0 spiro atoms. The largest absolute Gasteiger partial charge is 0.484 e. The lowest BCUT2D eigenvalue weighted by atomic mass is 10.1. The van der Waals surface area contributed by atoms with Crippen LogP contribution in [0.1, 0.15) is 31.9 Å². The Morgan fingerprint density at radius 2 is 1.79 bits per heavy atom. The molecule has 1 unspecified atom stereocenters. The van der Waals surface area contributed by atoms with Gasteiger partial charge in [0.2, 0.25) is 5.91 Å². The van der Waals surface area contributed by atoms with Crippen LogP contribution in [0.25, 0.3) is 0 Å². The molecule has 2 rings (SSSR count). The van der Waals surface area contributed by atoms with Crippen LogP contribution in [0, 0.1) is 6.92 Å². The molecule has 2 amide bonds. The number of nitrogens with one attached hydrogen (secondary N) is 1. The van der Waals surface area contributed by atoms with E-state index in [1.165, 1.54) is 0 Å². The topological polar surface area (TPSA) is 58.6 Å². The van der Waals surface area contributed by atoms with Crippen molar-refractivity contribution in [3.8, 4) is 5.75 Å². The van der Waals surface area contributed by atoms with Gasteiger partial charge in [-0.1, -0.05) is 41.4 Å². The Morgan fingerprint density at radius 3 is 2.39 bits per heavy atom. The van der Waals surface area contributed by atoms with Crippen molar-refractivity contribution in [3.63, 3.8) is 0 Å². The molecule has 1 atom stereocenters. The summed E-state index contributed by atoms with van der Waals surface area (Å²) in [6.07, 6.45) is 0. The Labute approximate surface area is 171 Å². The van der Waals surface area contributed by atoms with Crippen LogP contribution in [0.2, 0.25) is 5.02 Å². The number of rotatable bonds is 8. The highest BCUT2D eigenvalue weighted by atomic mass is 35.5. The normalized spacial score (nSPS) is 11.8. The van der Waals surface area contributed by atoms with E-state index in [-0.39, 0.29) is 24.5 Å². The molecule has 0 aliphatic rings. The maximum atomic E-state index is 12.9. The summed E-state index contributed by atoms with van der Waals surface area (Å²) in [7, 11) is 0. The van der Waals surface area contributed by atoms with Crippen LogP contribution in [0.4, 0.5) is 0 Å². The number of halogens is 1. The maximum Gasteiger partial charge on any atom is 0.261 e. The Morgan fingerprint density at radius 1 is 1.11 bits per heavy atom. The first kappa shape index (κ1) is 21.8. The Balaban J connectivity index is 2.14. The van der Waals surface area contributed by atoms with Crippen LogP contribution in [-0.4, -0.2) is 35.4 Å². The lowest BCUT2D eigenvalue weighted by Crippen LogP contribution is -2.50. The van der Waals surface area contributed by atoms with Crippen LogP contribution in [0.5, 0.6) is 5.75 Å². The third-order valence-electron chi connectivity index (χ3n) is 4.21. The number of carbonyl (C=O) groups is 2. The van der Waals surface area contributed by atoms with E-state index in [2.05, 4.69) is 5.32 Å². The minimum atomic E-state index is -0.621. The van der Waals surface area contributed by atoms with Crippen molar-refractivity contribution in [2.24, 2.45) is 0 Å². The van der Waals surface area contributed by atoms with Crippen LogP contribution < -0.4 is 10.1 Å². The van der Waals surface area contributed by atoms with Gasteiger partial charge in [-0.2, -0.15) is 0 Å². The predicted octanol–water partition coefficient (Wildman–Crippen LogP) is 3.97. The second-order valence-corrected chi connectivity index (χ2v) is 7.53. The molecule has 5 nitrogen and oxygen atoms in total. The molecule has 0 saturated carbocycles. The zero-order valence-electron chi connectivity index (χ0n) is 16.7. The zero-order chi connectivity index (χ0) is 20.7. The maximum absolute atomic E-state index is 12.9. The van der Waals surface area contributed by atoms with Crippen molar-refractivity contribution in [1.82, 2.24) is 10.2 Å². The van der Waals surface area contributed by atoms with E-state index in [1.807, 2.05) is 45.0 Å². The molecule has 0 aliphatic heterocycles. The molecule has 0 heterocycles. The number of amides is 2. The standard InChI is InChI=1S/C22H27ClN2O3/c1-15(2)24-22(27)17(4)25(13-18-7-5-6-16(3)12-18)21(26)14-28-20-10-8-19(23)9-11-20/h5-12,15,17H,13-14H2,1-4H3,(H,24,27). The van der Waals surface area contributed by atoms with Gasteiger partial charge in [-0.05, 0) is 57.5 Å². The summed E-state index contributed by atoms with van der Waals surface area (Å²) in [5.41, 5.74) is 2.06. The van der Waals surface area contributed by atoms with Gasteiger partial charge in [0.05, 0.1) is 0 Å². The molecule has 6 heteroatoms. The first-order chi connectivity index (χ1) is 13.3. The molecule has 28 heavy (non-hydrogen) atoms. The number of carbonyl (C=O) groups excluding carboxylic acids is 2. The van der Waals surface area contributed by atoms with Crippen LogP contribution >= 0.6 is 11.6 Å². The highest BCUT2D eigenvalue weighted by Gasteiger charge is 2.26. The summed E-state index contributed by atoms with van der Waals surface area (Å²) in [6.45, 7) is 7.67. The predicted molar refractivity (Wildman–Crippen MR) is 111 cm³/mol. The molecule has 1 N–H and O–H groups in total. The van der Waals surface area contributed by atoms with E-state index in [4.69, 9.17) is 16.3 Å². The van der Waals surface area contributed by atoms with Crippen molar-refractivity contribution in [3.05, 3.63) is 64.7 Å². The minimum absolute atomic E-state index is 0.00353. The molecule has 0 fully saturated rings. The number of ether oxygens (including phenoxy) is 1. The highest BCUT2D eigenvalue weighted by Crippen LogP contribution is 2.16. The third kappa shape index (κ3) is 6.57. The van der Waals surface area contributed by atoms with Crippen molar-refractivity contribution >= 4 is 23.4 Å². The van der Waals surface area contributed by atoms with Crippen molar-refractivity contribution in [2.45, 2.75) is 46.3 Å². The summed E-state index contributed by atoms with van der Waals surface area (Å²) in [5, 5.41) is 3.46. The smallest absolute Gasteiger partial charge is 0.261 e. The molecule has 0 aromatic heterocycles. The summed E-state index contributed by atoms with van der Waals surface area (Å²) < 4.78 is 5.59. The Hall–Kier alpha value is -2.53. The molecular weight excluding hydrogens is 376 g/mol. The van der Waals surface area contributed by atoms with Gasteiger partial charge < -0.3 is 15.0 Å². The van der Waals surface area contributed by atoms with Gasteiger partial charge in [0.15, 0.2) is 6.61 Å². The van der Waals surface area contributed by atoms with Gasteiger partial charge >= 0.3 is 0 Å². The fraction of sp³-hybridized carbons (Fsp3) is 0.364. The summed E-state index contributed by atoms with van der Waals surface area (Å²) in [5.74, 6) is 0.0953. The SMILES string of the molecule is Cc1cccc(CN(C(=O)COc2ccc(Cl)cc2)C(C)C(=O)NC(C)C)c1. The molecule has 2 aromatic rings. The molecule has 150 valence electrons. The lowest BCUT2D eigenvalue weighted by molar-refractivity contribution is -0.142. The monoisotopic (exact) mass is 402 g/mol. The zero-order valence-corrected chi connectivity index (χ0v) is 17.5. The molecule has 2 aromatic carbocycles. The lowest BCUT2D eigenvalue weighted by Gasteiger charge is -2.29. The van der Waals surface area contributed by atoms with E-state index in [9.17, 15) is 9.59 Å². The number of nitrogens with zero attached hydrogens (tertiary/aromatic N) is 1. The van der Waals surface area contributed by atoms with Crippen molar-refractivity contribution in [1.29, 1.82) is 0 Å². The average Bonchev–Trinajstić information content (AvgIpc) is 2.64. The molecule has 0 aliphatic carbocycles. The number of aryl methyl sites for hydroxylation is 1. The van der Waals surface area contributed by atoms with Crippen LogP contribution in [0.15, 0.2) is 48.5 Å². The van der Waals surface area contributed by atoms with Gasteiger partial charge in [-0.3, -0.25) is 9.59 Å². The molecular formula is C22H27ClN2O3. The summed E-state index contributed by atoms with van der Waals surface area (Å²) in [4.78, 5) is 27.0. The van der Waals surface area contributed by atoms with E-state index in [0.29, 0.717) is 17.3 Å². The van der Waals surface area contributed by atoms with Gasteiger partial charge in [-0.15, -0.1) is 0 Å². The third-order valence-corrected chi connectivity index (χ3v) is 4.46. The number of hydrogen-bond acceptors (Lipinski definition) is 3. The highest BCUT2D eigenvalue weighted by molar-refractivity contribution is 6.30. The van der Waals surface area contributed by atoms with E-state index >= 15 is 0 Å². The summed E-state index contributed by atoms with van der Waals surface area (Å²) >= 11 is 5.87. The van der Waals surface area contributed by atoms with Crippen LogP contribution in [0.3, 0.4) is 0 Å². The van der Waals surface area contributed by atoms with E-state index < -0.39 is 6.04 Å². The second kappa shape index (κ2) is 10.1. The van der Waals surface area contributed by atoms with Gasteiger partial charge in [0.25, 0.3) is 5.91 Å². The Kier molecular flexibility index (Phi) is 7.88. The quantitative estimate of drug-likeness (QED) is 0.726. The van der Waals surface area contributed by atoms with Crippen molar-refractivity contribution in [2.75, 3.05) is 6.61 Å². The van der Waals surface area contributed by atoms with Gasteiger partial charge in [0, 0.05) is 17.6 Å². The second-order valence-electron chi connectivity index (χ2n) is 7.09. The molecule has 0 saturated heterocycles. The van der Waals surface area contributed by atoms with Crippen LogP contribution in [-0.2, 0) is 16.1 Å². The number of benzene rings is 2. The molecule has 0 bridgehead atoms. The molecule has 0 radical (unpaired) electrons. The minimum Gasteiger partial charge on any atom is -0.484 e. The summed E-state index contributed by atoms with van der Waals surface area (Å²) in [6, 6.07) is 14.1. The fourth-order valence-electron chi connectivity index (χ4n) is 2.75. The van der Waals surface area contributed by atoms with Gasteiger partial charge in [0.1, 0.15) is 11.8 Å². The first-order valence-electron chi connectivity index (χ1n) is 9.30. The fourth-order valence-corrected chi connectivity index (χ4v) is 2.88.